The number of nitrogens with two attached hydrogens (primary N) is 1. The molecule has 0 aliphatic heterocycles. The van der Waals surface area contributed by atoms with Crippen LogP contribution in [0.5, 0.6) is 0 Å². The highest BCUT2D eigenvalue weighted by Gasteiger charge is 2.15. The summed E-state index contributed by atoms with van der Waals surface area (Å²) in [5.41, 5.74) is 6.61. The molecular formula is C13H17BrN6. The van der Waals surface area contributed by atoms with E-state index in [9.17, 15) is 0 Å². The molecule has 0 aliphatic rings. The second-order valence-electron chi connectivity index (χ2n) is 4.81. The third-order valence-corrected chi connectivity index (χ3v) is 3.47. The van der Waals surface area contributed by atoms with Crippen LogP contribution >= 0.6 is 15.9 Å². The minimum atomic E-state index is 0.401. The molecule has 2 rings (SSSR count). The van der Waals surface area contributed by atoms with Gasteiger partial charge < -0.3 is 11.1 Å². The molecule has 2 heterocycles. The molecule has 0 unspecified atom stereocenters. The molecule has 0 bridgehead atoms. The van der Waals surface area contributed by atoms with Crippen LogP contribution in [0.3, 0.4) is 0 Å². The molecular weight excluding hydrogens is 320 g/mol. The molecule has 0 amide bonds. The number of nitrogens with zero attached hydrogens (tertiary/aromatic N) is 4. The Hall–Kier alpha value is -1.76. The molecule has 0 aromatic carbocycles. The van der Waals surface area contributed by atoms with Gasteiger partial charge in [0, 0.05) is 13.2 Å². The Morgan fingerprint density at radius 3 is 2.60 bits per heavy atom. The van der Waals surface area contributed by atoms with Gasteiger partial charge in [-0.15, -0.1) is 0 Å². The van der Waals surface area contributed by atoms with Gasteiger partial charge in [-0.2, -0.15) is 0 Å². The van der Waals surface area contributed by atoms with Crippen molar-refractivity contribution in [3.8, 4) is 11.6 Å². The number of nitrogen functional groups attached to an aromatic ring is 1. The van der Waals surface area contributed by atoms with Crippen LogP contribution in [0.4, 0.5) is 11.6 Å². The van der Waals surface area contributed by atoms with E-state index in [2.05, 4.69) is 55.0 Å². The SMILES string of the molecule is CNc1nc(-c2nccc(N)n2)nc(CC(C)C)c1Br. The monoisotopic (exact) mass is 336 g/mol. The molecule has 20 heavy (non-hydrogen) atoms. The van der Waals surface area contributed by atoms with Crippen molar-refractivity contribution in [2.45, 2.75) is 20.3 Å². The highest BCUT2D eigenvalue weighted by Crippen LogP contribution is 2.27. The molecule has 0 saturated carbocycles. The van der Waals surface area contributed by atoms with Crippen LogP contribution in [0.2, 0.25) is 0 Å². The number of hydrogen-bond donors (Lipinski definition) is 2. The first-order valence-electron chi connectivity index (χ1n) is 6.34. The highest BCUT2D eigenvalue weighted by molar-refractivity contribution is 9.10. The smallest absolute Gasteiger partial charge is 0.200 e. The lowest BCUT2D eigenvalue weighted by Gasteiger charge is -2.12. The quantitative estimate of drug-likeness (QED) is 0.891. The Kier molecular flexibility index (Phi) is 4.49. The third kappa shape index (κ3) is 3.22. The van der Waals surface area contributed by atoms with Crippen molar-refractivity contribution < 1.29 is 0 Å². The molecule has 2 aromatic rings. The zero-order valence-corrected chi connectivity index (χ0v) is 13.3. The van der Waals surface area contributed by atoms with Crippen LogP contribution in [-0.4, -0.2) is 27.0 Å². The zero-order valence-electron chi connectivity index (χ0n) is 11.7. The maximum Gasteiger partial charge on any atom is 0.200 e. The van der Waals surface area contributed by atoms with Crippen molar-refractivity contribution in [3.05, 3.63) is 22.4 Å². The molecule has 3 N–H and O–H groups in total. The van der Waals surface area contributed by atoms with Gasteiger partial charge in [-0.1, -0.05) is 13.8 Å². The maximum atomic E-state index is 5.68. The van der Waals surface area contributed by atoms with Gasteiger partial charge in [0.15, 0.2) is 11.6 Å². The summed E-state index contributed by atoms with van der Waals surface area (Å²) in [6.07, 6.45) is 2.44. The maximum absolute atomic E-state index is 5.68. The van der Waals surface area contributed by atoms with Gasteiger partial charge in [0.05, 0.1) is 10.2 Å². The van der Waals surface area contributed by atoms with Crippen LogP contribution in [0, 0.1) is 5.92 Å². The van der Waals surface area contributed by atoms with E-state index >= 15 is 0 Å². The number of nitrogens with one attached hydrogen (secondary N) is 1. The number of anilines is 2. The van der Waals surface area contributed by atoms with E-state index in [0.717, 1.165) is 22.4 Å². The molecule has 0 aliphatic carbocycles. The molecule has 6 nitrogen and oxygen atoms in total. The minimum absolute atomic E-state index is 0.401. The predicted octanol–water partition coefficient (Wildman–Crippen LogP) is 2.52. The lowest BCUT2D eigenvalue weighted by atomic mass is 10.1. The topological polar surface area (TPSA) is 89.6 Å². The summed E-state index contributed by atoms with van der Waals surface area (Å²) < 4.78 is 0.876. The summed E-state index contributed by atoms with van der Waals surface area (Å²) in [5, 5.41) is 3.05. The molecule has 0 saturated heterocycles. The molecule has 0 fully saturated rings. The van der Waals surface area contributed by atoms with Gasteiger partial charge in [0.25, 0.3) is 0 Å². The van der Waals surface area contributed by atoms with Crippen molar-refractivity contribution in [1.29, 1.82) is 0 Å². The Bertz CT molecular complexity index is 614. The average Bonchev–Trinajstić information content (AvgIpc) is 2.40. The van der Waals surface area contributed by atoms with Crippen LogP contribution in [0.15, 0.2) is 16.7 Å². The normalized spacial score (nSPS) is 10.8. The van der Waals surface area contributed by atoms with Crippen molar-refractivity contribution in [1.82, 2.24) is 19.9 Å². The first-order chi connectivity index (χ1) is 9.51. The van der Waals surface area contributed by atoms with Crippen LogP contribution in [0.25, 0.3) is 11.6 Å². The minimum Gasteiger partial charge on any atom is -0.384 e. The van der Waals surface area contributed by atoms with E-state index in [0.29, 0.717) is 23.4 Å². The Morgan fingerprint density at radius 1 is 1.25 bits per heavy atom. The summed E-state index contributed by atoms with van der Waals surface area (Å²) in [5.74, 6) is 2.51. The highest BCUT2D eigenvalue weighted by atomic mass is 79.9. The number of aromatic nitrogens is 4. The van der Waals surface area contributed by atoms with Gasteiger partial charge in [0.1, 0.15) is 11.6 Å². The lowest BCUT2D eigenvalue weighted by Crippen LogP contribution is -2.07. The fourth-order valence-corrected chi connectivity index (χ4v) is 2.30. The first-order valence-corrected chi connectivity index (χ1v) is 7.13. The van der Waals surface area contributed by atoms with Gasteiger partial charge in [-0.05, 0) is 34.3 Å². The fraction of sp³-hybridized carbons (Fsp3) is 0.385. The van der Waals surface area contributed by atoms with Gasteiger partial charge in [-0.3, -0.25) is 0 Å². The van der Waals surface area contributed by atoms with E-state index in [1.165, 1.54) is 0 Å². The van der Waals surface area contributed by atoms with Crippen molar-refractivity contribution >= 4 is 27.6 Å². The summed E-state index contributed by atoms with van der Waals surface area (Å²) in [7, 11) is 1.82. The molecule has 0 radical (unpaired) electrons. The number of rotatable bonds is 4. The summed E-state index contributed by atoms with van der Waals surface area (Å²) in [4.78, 5) is 17.3. The van der Waals surface area contributed by atoms with Crippen molar-refractivity contribution in [2.75, 3.05) is 18.1 Å². The first kappa shape index (κ1) is 14.6. The van der Waals surface area contributed by atoms with Crippen LogP contribution < -0.4 is 11.1 Å². The van der Waals surface area contributed by atoms with Crippen LogP contribution in [-0.2, 0) is 6.42 Å². The Morgan fingerprint density at radius 2 is 2.00 bits per heavy atom. The molecule has 0 atom stereocenters. The Balaban J connectivity index is 2.53. The summed E-state index contributed by atoms with van der Waals surface area (Å²) in [6, 6.07) is 1.64. The second-order valence-corrected chi connectivity index (χ2v) is 5.60. The average molecular weight is 337 g/mol. The standard InChI is InChI=1S/C13H17BrN6/c1-7(2)6-8-10(14)11(16-3)20-13(18-8)12-17-5-4-9(15)19-12/h4-5,7H,6H2,1-3H3,(H2,15,17,19)(H,16,18,20). The molecule has 7 heteroatoms. The van der Waals surface area contributed by atoms with Gasteiger partial charge in [0.2, 0.25) is 0 Å². The van der Waals surface area contributed by atoms with Gasteiger partial charge >= 0.3 is 0 Å². The number of halogens is 1. The third-order valence-electron chi connectivity index (χ3n) is 2.64. The summed E-state index contributed by atoms with van der Waals surface area (Å²) >= 11 is 3.54. The lowest BCUT2D eigenvalue weighted by molar-refractivity contribution is 0.632. The molecule has 106 valence electrons. The van der Waals surface area contributed by atoms with Crippen molar-refractivity contribution in [3.63, 3.8) is 0 Å². The van der Waals surface area contributed by atoms with Crippen molar-refractivity contribution in [2.24, 2.45) is 5.92 Å². The van der Waals surface area contributed by atoms with E-state index in [1.54, 1.807) is 12.3 Å². The zero-order chi connectivity index (χ0) is 14.7. The fourth-order valence-electron chi connectivity index (χ4n) is 1.76. The molecule has 2 aromatic heterocycles. The van der Waals surface area contributed by atoms with E-state index < -0.39 is 0 Å². The second kappa shape index (κ2) is 6.13. The Labute approximate surface area is 126 Å². The number of hydrogen-bond acceptors (Lipinski definition) is 6. The van der Waals surface area contributed by atoms with Gasteiger partial charge in [-0.25, -0.2) is 19.9 Å². The largest absolute Gasteiger partial charge is 0.384 e. The van der Waals surface area contributed by atoms with E-state index in [1.807, 2.05) is 7.05 Å². The molecule has 0 spiro atoms. The van der Waals surface area contributed by atoms with Crippen LogP contribution in [0.1, 0.15) is 19.5 Å². The van der Waals surface area contributed by atoms with E-state index in [-0.39, 0.29) is 0 Å². The summed E-state index contributed by atoms with van der Waals surface area (Å²) in [6.45, 7) is 4.29. The van der Waals surface area contributed by atoms with E-state index in [4.69, 9.17) is 5.73 Å². The predicted molar refractivity (Wildman–Crippen MR) is 83.3 cm³/mol.